The Balaban J connectivity index is 1.48. The van der Waals surface area contributed by atoms with Gasteiger partial charge in [-0.05, 0) is 25.0 Å². The number of anilines is 1. The van der Waals surface area contributed by atoms with Gasteiger partial charge in [0.15, 0.2) is 17.3 Å². The number of nitrogens with one attached hydrogen (secondary N) is 1. The van der Waals surface area contributed by atoms with E-state index in [4.69, 9.17) is 0 Å². The highest BCUT2D eigenvalue weighted by Gasteiger charge is 2.29. The van der Waals surface area contributed by atoms with Gasteiger partial charge >= 0.3 is 6.03 Å². The first-order valence-corrected chi connectivity index (χ1v) is 8.87. The number of imidazole rings is 1. The number of halogens is 2. The van der Waals surface area contributed by atoms with Crippen LogP contribution in [-0.4, -0.2) is 50.9 Å². The first kappa shape index (κ1) is 17.4. The molecule has 0 aliphatic carbocycles. The maximum absolute atomic E-state index is 13.3. The van der Waals surface area contributed by atoms with Crippen LogP contribution in [-0.2, 0) is 13.1 Å². The third-order valence-corrected chi connectivity index (χ3v) is 4.95. The van der Waals surface area contributed by atoms with Crippen molar-refractivity contribution in [3.8, 4) is 0 Å². The van der Waals surface area contributed by atoms with Crippen molar-refractivity contribution in [3.05, 3.63) is 47.5 Å². The fourth-order valence-electron chi connectivity index (χ4n) is 3.45. The second-order valence-corrected chi connectivity index (χ2v) is 6.71. The molecule has 0 atom stereocenters. The highest BCUT2D eigenvalue weighted by Crippen LogP contribution is 2.21. The van der Waals surface area contributed by atoms with E-state index in [2.05, 4.69) is 10.3 Å². The number of hydrogen-bond acceptors (Lipinski definition) is 3. The van der Waals surface area contributed by atoms with Crippen molar-refractivity contribution in [1.82, 2.24) is 19.4 Å². The summed E-state index contributed by atoms with van der Waals surface area (Å²) in [7, 11) is 0. The van der Waals surface area contributed by atoms with Gasteiger partial charge in [-0.3, -0.25) is 4.79 Å². The molecule has 2 aromatic rings. The van der Waals surface area contributed by atoms with E-state index in [0.29, 0.717) is 24.5 Å². The number of amides is 3. The Labute approximate surface area is 154 Å². The standard InChI is InChI=1S/C18H19F2N5O2/c19-13-4-3-12(9-14(13)20)22-18(27)24-7-8-25-11-21-16(15(25)10-24)17(26)23-5-1-2-6-23/h3-4,9,11H,1-2,5-8,10H2,(H,22,27). The van der Waals surface area contributed by atoms with Crippen LogP contribution in [0.4, 0.5) is 19.3 Å². The molecule has 0 radical (unpaired) electrons. The first-order valence-electron chi connectivity index (χ1n) is 8.87. The number of urea groups is 1. The molecule has 9 heteroatoms. The lowest BCUT2D eigenvalue weighted by Gasteiger charge is -2.29. The molecule has 4 rings (SSSR count). The number of hydrogen-bond donors (Lipinski definition) is 1. The minimum atomic E-state index is -1.02. The smallest absolute Gasteiger partial charge is 0.322 e. The molecule has 142 valence electrons. The molecule has 1 aromatic heterocycles. The topological polar surface area (TPSA) is 70.5 Å². The van der Waals surface area contributed by atoms with Crippen LogP contribution < -0.4 is 5.32 Å². The van der Waals surface area contributed by atoms with Crippen molar-refractivity contribution in [2.24, 2.45) is 0 Å². The van der Waals surface area contributed by atoms with E-state index in [9.17, 15) is 18.4 Å². The zero-order valence-electron chi connectivity index (χ0n) is 14.6. The van der Waals surface area contributed by atoms with Crippen LogP contribution in [0.3, 0.4) is 0 Å². The van der Waals surface area contributed by atoms with Gasteiger partial charge in [-0.15, -0.1) is 0 Å². The fraction of sp³-hybridized carbons (Fsp3) is 0.389. The minimum Gasteiger partial charge on any atom is -0.337 e. The lowest BCUT2D eigenvalue weighted by Crippen LogP contribution is -2.41. The number of fused-ring (bicyclic) bond motifs is 1. The molecule has 0 spiro atoms. The Morgan fingerprint density at radius 3 is 2.52 bits per heavy atom. The van der Waals surface area contributed by atoms with Crippen molar-refractivity contribution in [1.29, 1.82) is 0 Å². The fourth-order valence-corrected chi connectivity index (χ4v) is 3.45. The molecule has 1 N–H and O–H groups in total. The normalized spacial score (nSPS) is 16.4. The van der Waals surface area contributed by atoms with Crippen molar-refractivity contribution in [2.45, 2.75) is 25.9 Å². The van der Waals surface area contributed by atoms with E-state index in [1.807, 2.05) is 4.57 Å². The summed E-state index contributed by atoms with van der Waals surface area (Å²) in [5.41, 5.74) is 1.24. The monoisotopic (exact) mass is 375 g/mol. The molecule has 0 unspecified atom stereocenters. The van der Waals surface area contributed by atoms with Crippen molar-refractivity contribution < 1.29 is 18.4 Å². The van der Waals surface area contributed by atoms with Crippen LogP contribution in [0.1, 0.15) is 29.0 Å². The van der Waals surface area contributed by atoms with Crippen LogP contribution in [0.25, 0.3) is 0 Å². The number of rotatable bonds is 2. The van der Waals surface area contributed by atoms with Gasteiger partial charge in [-0.1, -0.05) is 0 Å². The highest BCUT2D eigenvalue weighted by atomic mass is 19.2. The minimum absolute atomic E-state index is 0.107. The van der Waals surface area contributed by atoms with Gasteiger partial charge in [0, 0.05) is 37.9 Å². The summed E-state index contributed by atoms with van der Waals surface area (Å²) < 4.78 is 28.2. The van der Waals surface area contributed by atoms with E-state index >= 15 is 0 Å². The summed E-state index contributed by atoms with van der Waals surface area (Å²) >= 11 is 0. The third kappa shape index (κ3) is 3.36. The van der Waals surface area contributed by atoms with Crippen molar-refractivity contribution >= 4 is 17.6 Å². The van der Waals surface area contributed by atoms with E-state index in [0.717, 1.165) is 38.1 Å². The van der Waals surface area contributed by atoms with Crippen molar-refractivity contribution in [3.63, 3.8) is 0 Å². The van der Waals surface area contributed by atoms with E-state index in [1.165, 1.54) is 11.0 Å². The molecular formula is C18H19F2N5O2. The van der Waals surface area contributed by atoms with Crippen LogP contribution in [0.5, 0.6) is 0 Å². The Hall–Kier alpha value is -2.97. The average Bonchev–Trinajstić information content (AvgIpc) is 3.33. The third-order valence-electron chi connectivity index (χ3n) is 4.95. The second kappa shape index (κ2) is 6.98. The molecule has 0 bridgehead atoms. The Morgan fingerprint density at radius 2 is 1.78 bits per heavy atom. The number of carbonyl (C=O) groups is 2. The quantitative estimate of drug-likeness (QED) is 0.877. The maximum Gasteiger partial charge on any atom is 0.322 e. The maximum atomic E-state index is 13.3. The van der Waals surface area contributed by atoms with Gasteiger partial charge in [0.1, 0.15) is 0 Å². The molecule has 2 aliphatic heterocycles. The SMILES string of the molecule is O=C(Nc1ccc(F)c(F)c1)N1CCn2cnc(C(=O)N3CCCC3)c2C1. The Bertz CT molecular complexity index is 892. The average molecular weight is 375 g/mol. The van der Waals surface area contributed by atoms with Gasteiger partial charge in [-0.2, -0.15) is 0 Å². The zero-order chi connectivity index (χ0) is 19.0. The second-order valence-electron chi connectivity index (χ2n) is 6.71. The molecule has 1 fully saturated rings. The van der Waals surface area contributed by atoms with Crippen LogP contribution in [0.2, 0.25) is 0 Å². The molecule has 1 aromatic carbocycles. The summed E-state index contributed by atoms with van der Waals surface area (Å²) in [6.07, 6.45) is 3.61. The van der Waals surface area contributed by atoms with Gasteiger partial charge in [0.25, 0.3) is 5.91 Å². The summed E-state index contributed by atoms with van der Waals surface area (Å²) in [6, 6.07) is 2.76. The summed E-state index contributed by atoms with van der Waals surface area (Å²) in [4.78, 5) is 32.7. The summed E-state index contributed by atoms with van der Waals surface area (Å²) in [5, 5.41) is 2.56. The van der Waals surface area contributed by atoms with Crippen molar-refractivity contribution in [2.75, 3.05) is 25.0 Å². The predicted molar refractivity (Wildman–Crippen MR) is 93.2 cm³/mol. The Morgan fingerprint density at radius 1 is 1.00 bits per heavy atom. The molecule has 3 heterocycles. The number of nitrogens with zero attached hydrogens (tertiary/aromatic N) is 4. The zero-order valence-corrected chi connectivity index (χ0v) is 14.6. The lowest BCUT2D eigenvalue weighted by atomic mass is 10.2. The molecule has 3 amide bonds. The van der Waals surface area contributed by atoms with Crippen LogP contribution in [0, 0.1) is 11.6 Å². The molecule has 27 heavy (non-hydrogen) atoms. The van der Waals surface area contributed by atoms with Gasteiger partial charge in [0.2, 0.25) is 0 Å². The van der Waals surface area contributed by atoms with Crippen LogP contribution in [0.15, 0.2) is 24.5 Å². The summed E-state index contributed by atoms with van der Waals surface area (Å²) in [6.45, 7) is 2.62. The number of benzene rings is 1. The lowest BCUT2D eigenvalue weighted by molar-refractivity contribution is 0.0784. The number of likely N-dealkylation sites (tertiary alicyclic amines) is 1. The molecule has 2 aliphatic rings. The van der Waals surface area contributed by atoms with E-state index < -0.39 is 17.7 Å². The molecular weight excluding hydrogens is 356 g/mol. The van der Waals surface area contributed by atoms with Crippen LogP contribution >= 0.6 is 0 Å². The van der Waals surface area contributed by atoms with E-state index in [1.54, 1.807) is 11.2 Å². The number of carbonyl (C=O) groups excluding carboxylic acids is 2. The first-order chi connectivity index (χ1) is 13.0. The van der Waals surface area contributed by atoms with Gasteiger partial charge in [0.05, 0.1) is 18.6 Å². The summed E-state index contributed by atoms with van der Waals surface area (Å²) in [5.74, 6) is -2.10. The number of aromatic nitrogens is 2. The molecule has 0 saturated carbocycles. The highest BCUT2D eigenvalue weighted by molar-refractivity contribution is 5.94. The molecule has 1 saturated heterocycles. The van der Waals surface area contributed by atoms with Gasteiger partial charge in [-0.25, -0.2) is 18.6 Å². The largest absolute Gasteiger partial charge is 0.337 e. The predicted octanol–water partition coefficient (Wildman–Crippen LogP) is 2.45. The molecule has 7 nitrogen and oxygen atoms in total. The Kier molecular flexibility index (Phi) is 4.51. The van der Waals surface area contributed by atoms with Gasteiger partial charge < -0.3 is 19.7 Å². The van der Waals surface area contributed by atoms with E-state index in [-0.39, 0.29) is 18.1 Å².